The zero-order valence-electron chi connectivity index (χ0n) is 16.5. The van der Waals surface area contributed by atoms with E-state index in [2.05, 4.69) is 34.3 Å². The normalized spacial score (nSPS) is 13.7. The number of rotatable bonds is 6. The molecular weight excluding hydrogens is 360 g/mol. The Labute approximate surface area is 170 Å². The first-order valence-corrected chi connectivity index (χ1v) is 10.1. The monoisotopic (exact) mass is 384 g/mol. The van der Waals surface area contributed by atoms with Gasteiger partial charge in [0.1, 0.15) is 0 Å². The summed E-state index contributed by atoms with van der Waals surface area (Å²) in [4.78, 5) is 19.0. The number of carbonyl (C=O) groups excluding carboxylic acids is 1. The van der Waals surface area contributed by atoms with E-state index in [4.69, 9.17) is 0 Å². The molecule has 5 heteroatoms. The number of aromatic nitrogens is 3. The van der Waals surface area contributed by atoms with Crippen molar-refractivity contribution in [2.45, 2.75) is 31.8 Å². The number of hydrogen-bond donors (Lipinski definition) is 1. The quantitative estimate of drug-likeness (QED) is 0.539. The highest BCUT2D eigenvalue weighted by atomic mass is 16.2. The van der Waals surface area contributed by atoms with E-state index in [0.717, 1.165) is 46.1 Å². The number of benzene rings is 2. The van der Waals surface area contributed by atoms with E-state index in [1.807, 2.05) is 54.7 Å². The Morgan fingerprint density at radius 1 is 1.14 bits per heavy atom. The van der Waals surface area contributed by atoms with Gasteiger partial charge in [-0.25, -0.2) is 0 Å². The van der Waals surface area contributed by atoms with Gasteiger partial charge in [-0.2, -0.15) is 5.10 Å². The van der Waals surface area contributed by atoms with Crippen molar-refractivity contribution in [1.29, 1.82) is 0 Å². The lowest BCUT2D eigenvalue weighted by atomic mass is 10.0. The second kappa shape index (κ2) is 7.24. The van der Waals surface area contributed by atoms with Gasteiger partial charge in [-0.05, 0) is 30.0 Å². The summed E-state index contributed by atoms with van der Waals surface area (Å²) >= 11 is 0. The summed E-state index contributed by atoms with van der Waals surface area (Å²) in [5, 5.41) is 5.37. The molecule has 0 atom stereocenters. The summed E-state index contributed by atoms with van der Waals surface area (Å²) in [6.07, 6.45) is 6.41. The third-order valence-corrected chi connectivity index (χ3v) is 5.62. The fourth-order valence-corrected chi connectivity index (χ4v) is 4.04. The molecule has 5 nitrogen and oxygen atoms in total. The van der Waals surface area contributed by atoms with E-state index in [9.17, 15) is 4.79 Å². The van der Waals surface area contributed by atoms with Gasteiger partial charge in [0, 0.05) is 42.3 Å². The van der Waals surface area contributed by atoms with Gasteiger partial charge in [0.25, 0.3) is 0 Å². The Balaban J connectivity index is 1.49. The molecule has 0 aliphatic heterocycles. The van der Waals surface area contributed by atoms with Gasteiger partial charge >= 0.3 is 0 Å². The number of fused-ring (bicyclic) bond motifs is 1. The van der Waals surface area contributed by atoms with Gasteiger partial charge in [0.05, 0.1) is 18.3 Å². The van der Waals surface area contributed by atoms with Crippen LogP contribution in [0.2, 0.25) is 0 Å². The van der Waals surface area contributed by atoms with Crippen molar-refractivity contribution in [2.75, 3.05) is 0 Å². The molecule has 2 aromatic heterocycles. The van der Waals surface area contributed by atoms with Crippen molar-refractivity contribution in [3.8, 4) is 11.3 Å². The first kappa shape index (κ1) is 17.7. The average Bonchev–Trinajstić information content (AvgIpc) is 3.41. The van der Waals surface area contributed by atoms with E-state index in [-0.39, 0.29) is 5.91 Å². The van der Waals surface area contributed by atoms with Gasteiger partial charge in [-0.15, -0.1) is 0 Å². The van der Waals surface area contributed by atoms with Crippen LogP contribution >= 0.6 is 0 Å². The molecule has 0 spiro atoms. The molecule has 0 bridgehead atoms. The van der Waals surface area contributed by atoms with E-state index in [1.54, 1.807) is 4.68 Å². The third kappa shape index (κ3) is 3.56. The number of amides is 1. The van der Waals surface area contributed by atoms with Crippen LogP contribution in [0.1, 0.15) is 24.0 Å². The standard InChI is InChI=1S/C24H24N4O/c1-27-15-17(14-25-27)16-28(19-11-12-19)23(29)13-21-20-9-5-6-10-22(20)26-24(21)18-7-3-2-4-8-18/h2-10,14-15,19,26H,11-13,16H2,1H3. The van der Waals surface area contributed by atoms with Crippen LogP contribution in [-0.4, -0.2) is 31.6 Å². The number of H-pyrrole nitrogens is 1. The third-order valence-electron chi connectivity index (χ3n) is 5.62. The Hall–Kier alpha value is -3.34. The smallest absolute Gasteiger partial charge is 0.227 e. The largest absolute Gasteiger partial charge is 0.354 e. The highest BCUT2D eigenvalue weighted by Crippen LogP contribution is 2.33. The van der Waals surface area contributed by atoms with Crippen LogP contribution in [0.4, 0.5) is 0 Å². The predicted octanol–water partition coefficient (Wildman–Crippen LogP) is 4.30. The minimum atomic E-state index is 0.179. The molecule has 5 rings (SSSR count). The lowest BCUT2D eigenvalue weighted by molar-refractivity contribution is -0.131. The lowest BCUT2D eigenvalue weighted by Gasteiger charge is -2.22. The van der Waals surface area contributed by atoms with Crippen molar-refractivity contribution in [1.82, 2.24) is 19.7 Å². The zero-order chi connectivity index (χ0) is 19.8. The Bertz CT molecular complexity index is 1150. The van der Waals surface area contributed by atoms with Crippen molar-refractivity contribution in [2.24, 2.45) is 7.05 Å². The molecule has 0 saturated heterocycles. The van der Waals surface area contributed by atoms with Gasteiger partial charge in [-0.3, -0.25) is 9.48 Å². The van der Waals surface area contributed by atoms with E-state index >= 15 is 0 Å². The molecule has 1 aliphatic carbocycles. The lowest BCUT2D eigenvalue weighted by Crippen LogP contribution is -2.33. The summed E-state index contributed by atoms with van der Waals surface area (Å²) in [5.74, 6) is 0.179. The number of aromatic amines is 1. The fourth-order valence-electron chi connectivity index (χ4n) is 4.04. The van der Waals surface area contributed by atoms with Crippen LogP contribution < -0.4 is 0 Å². The Morgan fingerprint density at radius 3 is 2.62 bits per heavy atom. The van der Waals surface area contributed by atoms with Gasteiger partial charge in [0.2, 0.25) is 5.91 Å². The maximum Gasteiger partial charge on any atom is 0.227 e. The number of hydrogen-bond acceptors (Lipinski definition) is 2. The molecule has 4 aromatic rings. The number of para-hydroxylation sites is 1. The SMILES string of the molecule is Cn1cc(CN(C(=O)Cc2c(-c3ccccc3)[nH]c3ccccc23)C2CC2)cn1. The molecule has 1 N–H and O–H groups in total. The number of nitrogens with one attached hydrogen (secondary N) is 1. The minimum Gasteiger partial charge on any atom is -0.354 e. The summed E-state index contributed by atoms with van der Waals surface area (Å²) in [5.41, 5.74) is 5.37. The van der Waals surface area contributed by atoms with Crippen molar-refractivity contribution < 1.29 is 4.79 Å². The molecule has 2 aromatic carbocycles. The van der Waals surface area contributed by atoms with E-state index in [1.165, 1.54) is 0 Å². The van der Waals surface area contributed by atoms with Crippen LogP contribution in [0.15, 0.2) is 67.0 Å². The summed E-state index contributed by atoms with van der Waals surface area (Å²) < 4.78 is 1.79. The van der Waals surface area contributed by atoms with Gasteiger partial charge in [0.15, 0.2) is 0 Å². The molecule has 1 saturated carbocycles. The first-order chi connectivity index (χ1) is 14.2. The Kier molecular flexibility index (Phi) is 4.43. The molecular formula is C24H24N4O. The maximum absolute atomic E-state index is 13.4. The van der Waals surface area contributed by atoms with Crippen LogP contribution in [0, 0.1) is 0 Å². The van der Waals surface area contributed by atoms with E-state index in [0.29, 0.717) is 19.0 Å². The highest BCUT2D eigenvalue weighted by molar-refractivity contribution is 5.95. The van der Waals surface area contributed by atoms with Crippen LogP contribution in [0.25, 0.3) is 22.2 Å². The Morgan fingerprint density at radius 2 is 1.90 bits per heavy atom. The molecule has 0 radical (unpaired) electrons. The average molecular weight is 384 g/mol. The highest BCUT2D eigenvalue weighted by Gasteiger charge is 2.33. The summed E-state index contributed by atoms with van der Waals surface area (Å²) in [7, 11) is 1.91. The van der Waals surface area contributed by atoms with Gasteiger partial charge < -0.3 is 9.88 Å². The molecule has 29 heavy (non-hydrogen) atoms. The van der Waals surface area contributed by atoms with Crippen molar-refractivity contribution in [3.05, 3.63) is 78.1 Å². The number of carbonyl (C=O) groups is 1. The zero-order valence-corrected chi connectivity index (χ0v) is 16.5. The second-order valence-electron chi connectivity index (χ2n) is 7.84. The fraction of sp³-hybridized carbons (Fsp3) is 0.250. The first-order valence-electron chi connectivity index (χ1n) is 10.1. The molecule has 0 unspecified atom stereocenters. The van der Waals surface area contributed by atoms with Crippen molar-refractivity contribution in [3.63, 3.8) is 0 Å². The van der Waals surface area contributed by atoms with Crippen LogP contribution in [-0.2, 0) is 24.8 Å². The molecule has 1 fully saturated rings. The number of nitrogens with zero attached hydrogens (tertiary/aromatic N) is 3. The molecule has 146 valence electrons. The molecule has 1 amide bonds. The molecule has 1 aliphatic rings. The summed E-state index contributed by atoms with van der Waals surface area (Å²) in [6, 6.07) is 18.8. The predicted molar refractivity (Wildman–Crippen MR) is 114 cm³/mol. The molecule has 2 heterocycles. The topological polar surface area (TPSA) is 53.9 Å². The van der Waals surface area contributed by atoms with Crippen LogP contribution in [0.5, 0.6) is 0 Å². The van der Waals surface area contributed by atoms with Crippen LogP contribution in [0.3, 0.4) is 0 Å². The summed E-state index contributed by atoms with van der Waals surface area (Å²) in [6.45, 7) is 0.625. The number of aryl methyl sites for hydroxylation is 1. The van der Waals surface area contributed by atoms with Crippen molar-refractivity contribution >= 4 is 16.8 Å². The minimum absolute atomic E-state index is 0.179. The van der Waals surface area contributed by atoms with Gasteiger partial charge in [-0.1, -0.05) is 48.5 Å². The maximum atomic E-state index is 13.4. The second-order valence-corrected chi connectivity index (χ2v) is 7.84. The van der Waals surface area contributed by atoms with E-state index < -0.39 is 0 Å².